The molecule has 128 valence electrons. The summed E-state index contributed by atoms with van der Waals surface area (Å²) in [4.78, 5) is 24.4. The Kier molecular flexibility index (Phi) is 3.98. The minimum absolute atomic E-state index is 0.0354. The largest absolute Gasteiger partial charge is 0.471 e. The van der Waals surface area contributed by atoms with E-state index in [1.54, 1.807) is 36.0 Å². The first-order valence-corrected chi connectivity index (χ1v) is 7.49. The number of alkyl halides is 3. The summed E-state index contributed by atoms with van der Waals surface area (Å²) in [6, 6.07) is 10.4. The normalized spacial score (nSPS) is 18.2. The number of amides is 1. The van der Waals surface area contributed by atoms with E-state index in [2.05, 4.69) is 0 Å². The smallest absolute Gasteiger partial charge is 0.334 e. The molecule has 24 heavy (non-hydrogen) atoms. The fraction of sp³-hybridized carbons (Fsp3) is 0.375. The predicted molar refractivity (Wildman–Crippen MR) is 81.0 cm³/mol. The lowest BCUT2D eigenvalue weighted by Crippen LogP contribution is -2.39. The maximum absolute atomic E-state index is 12.5. The van der Waals surface area contributed by atoms with E-state index in [1.807, 2.05) is 6.07 Å². The van der Waals surface area contributed by atoms with Gasteiger partial charge in [-0.15, -0.1) is 0 Å². The summed E-state index contributed by atoms with van der Waals surface area (Å²) >= 11 is 0. The monoisotopic (exact) mass is 339 g/mol. The molecule has 0 spiro atoms. The first-order chi connectivity index (χ1) is 11.3. The summed E-state index contributed by atoms with van der Waals surface area (Å²) in [6.45, 7) is -0.00184. The number of hydrogen-bond acceptors (Lipinski definition) is 2. The number of likely N-dealkylation sites (tertiary alicyclic amines) is 1. The van der Waals surface area contributed by atoms with E-state index in [0.29, 0.717) is 17.8 Å². The first-order valence-electron chi connectivity index (χ1n) is 7.49. The summed E-state index contributed by atoms with van der Waals surface area (Å²) in [7, 11) is 1.69. The zero-order chi connectivity index (χ0) is 17.5. The van der Waals surface area contributed by atoms with E-state index in [1.165, 1.54) is 10.7 Å². The van der Waals surface area contributed by atoms with Gasteiger partial charge in [0.15, 0.2) is 0 Å². The number of aromatic nitrogens is 2. The van der Waals surface area contributed by atoms with Gasteiger partial charge < -0.3 is 4.90 Å². The molecule has 1 atom stereocenters. The van der Waals surface area contributed by atoms with E-state index in [9.17, 15) is 22.8 Å². The molecule has 8 heteroatoms. The minimum atomic E-state index is -4.86. The topological polar surface area (TPSA) is 47.2 Å². The van der Waals surface area contributed by atoms with Crippen molar-refractivity contribution in [3.63, 3.8) is 0 Å². The molecular formula is C16H16F3N3O2. The van der Waals surface area contributed by atoms with Crippen LogP contribution in [0.1, 0.15) is 18.0 Å². The fourth-order valence-electron chi connectivity index (χ4n) is 3.16. The average Bonchev–Trinajstić information content (AvgIpc) is 3.11. The van der Waals surface area contributed by atoms with Gasteiger partial charge in [-0.3, -0.25) is 14.3 Å². The Bertz CT molecular complexity index is 808. The van der Waals surface area contributed by atoms with E-state index in [-0.39, 0.29) is 24.6 Å². The second-order valence-corrected chi connectivity index (χ2v) is 5.81. The molecule has 1 saturated heterocycles. The van der Waals surface area contributed by atoms with Gasteiger partial charge in [0.1, 0.15) is 0 Å². The van der Waals surface area contributed by atoms with Gasteiger partial charge in [0, 0.05) is 37.8 Å². The molecule has 0 aliphatic carbocycles. The summed E-state index contributed by atoms with van der Waals surface area (Å²) < 4.78 is 40.8. The highest BCUT2D eigenvalue weighted by molar-refractivity contribution is 5.82. The third-order valence-corrected chi connectivity index (χ3v) is 4.29. The zero-order valence-electron chi connectivity index (χ0n) is 13.0. The van der Waals surface area contributed by atoms with Crippen LogP contribution in [0.25, 0.3) is 5.69 Å². The maximum atomic E-state index is 12.5. The van der Waals surface area contributed by atoms with E-state index >= 15 is 0 Å². The number of hydrogen-bond donors (Lipinski definition) is 0. The highest BCUT2D eigenvalue weighted by Gasteiger charge is 2.45. The third-order valence-electron chi connectivity index (χ3n) is 4.29. The molecule has 3 rings (SSSR count). The fourth-order valence-corrected chi connectivity index (χ4v) is 3.16. The number of para-hydroxylation sites is 1. The van der Waals surface area contributed by atoms with Gasteiger partial charge in [0.25, 0.3) is 5.56 Å². The second kappa shape index (κ2) is 5.85. The molecule has 0 N–H and O–H groups in total. The summed E-state index contributed by atoms with van der Waals surface area (Å²) in [5.41, 5.74) is 1.05. The number of halogens is 3. The van der Waals surface area contributed by atoms with Crippen molar-refractivity contribution in [1.29, 1.82) is 0 Å². The third kappa shape index (κ3) is 2.83. The number of rotatable bonds is 2. The van der Waals surface area contributed by atoms with Crippen LogP contribution in [0, 0.1) is 0 Å². The molecule has 0 radical (unpaired) electrons. The molecule has 1 aromatic heterocycles. The Morgan fingerprint density at radius 2 is 1.88 bits per heavy atom. The quantitative estimate of drug-likeness (QED) is 0.841. The van der Waals surface area contributed by atoms with E-state index in [4.69, 9.17) is 0 Å². The summed E-state index contributed by atoms with van der Waals surface area (Å²) in [5, 5.41) is 0. The van der Waals surface area contributed by atoms with Crippen LogP contribution in [0.15, 0.2) is 41.2 Å². The molecule has 0 bridgehead atoms. The second-order valence-electron chi connectivity index (χ2n) is 5.81. The molecule has 5 nitrogen and oxygen atoms in total. The van der Waals surface area contributed by atoms with Crippen LogP contribution < -0.4 is 5.56 Å². The summed E-state index contributed by atoms with van der Waals surface area (Å²) in [5.74, 6) is -2.11. The zero-order valence-corrected chi connectivity index (χ0v) is 13.0. The van der Waals surface area contributed by atoms with Crippen molar-refractivity contribution in [1.82, 2.24) is 14.3 Å². The average molecular weight is 339 g/mol. The molecule has 1 amide bonds. The highest BCUT2D eigenvalue weighted by atomic mass is 19.4. The van der Waals surface area contributed by atoms with Crippen molar-refractivity contribution >= 4 is 5.91 Å². The number of nitrogens with zero attached hydrogens (tertiary/aromatic N) is 3. The SMILES string of the molecule is Cn1c(C2CCN(C(=O)C(F)(F)F)C2)cc(=O)n1-c1ccccc1. The summed E-state index contributed by atoms with van der Waals surface area (Å²) in [6.07, 6.45) is -4.47. The van der Waals surface area contributed by atoms with Gasteiger partial charge in [0.2, 0.25) is 0 Å². The Hall–Kier alpha value is -2.51. The lowest BCUT2D eigenvalue weighted by atomic mass is 10.1. The number of carbonyl (C=O) groups excluding carboxylic acids is 1. The molecule has 1 aliphatic heterocycles. The van der Waals surface area contributed by atoms with Crippen LogP contribution in [-0.4, -0.2) is 39.4 Å². The van der Waals surface area contributed by atoms with Crippen molar-refractivity contribution in [3.8, 4) is 5.69 Å². The molecular weight excluding hydrogens is 323 g/mol. The molecule has 1 fully saturated rings. The molecule has 2 heterocycles. The van der Waals surface area contributed by atoms with E-state index < -0.39 is 12.1 Å². The lowest BCUT2D eigenvalue weighted by molar-refractivity contribution is -0.184. The standard InChI is InChI=1S/C16H16F3N3O2/c1-20-13(9-14(23)22(20)12-5-3-2-4-6-12)11-7-8-21(10-11)15(24)16(17,18)19/h2-6,9,11H,7-8,10H2,1H3. The lowest BCUT2D eigenvalue weighted by Gasteiger charge is -2.18. The maximum Gasteiger partial charge on any atom is 0.471 e. The molecule has 0 saturated carbocycles. The Morgan fingerprint density at radius 3 is 2.50 bits per heavy atom. The molecule has 1 unspecified atom stereocenters. The molecule has 1 aromatic carbocycles. The van der Waals surface area contributed by atoms with Gasteiger partial charge in [-0.1, -0.05) is 18.2 Å². The van der Waals surface area contributed by atoms with Crippen LogP contribution in [0.2, 0.25) is 0 Å². The predicted octanol–water partition coefficient (Wildman–Crippen LogP) is 2.05. The van der Waals surface area contributed by atoms with Gasteiger partial charge in [-0.2, -0.15) is 13.2 Å². The Morgan fingerprint density at radius 1 is 1.21 bits per heavy atom. The first kappa shape index (κ1) is 16.4. The number of benzene rings is 1. The van der Waals surface area contributed by atoms with Crippen LogP contribution in [0.3, 0.4) is 0 Å². The van der Waals surface area contributed by atoms with Gasteiger partial charge >= 0.3 is 12.1 Å². The van der Waals surface area contributed by atoms with Crippen LogP contribution in [0.5, 0.6) is 0 Å². The van der Waals surface area contributed by atoms with Crippen molar-refractivity contribution in [2.24, 2.45) is 7.05 Å². The van der Waals surface area contributed by atoms with Crippen molar-refractivity contribution in [2.75, 3.05) is 13.1 Å². The Labute approximate surface area is 135 Å². The van der Waals surface area contributed by atoms with Crippen molar-refractivity contribution in [3.05, 3.63) is 52.4 Å². The van der Waals surface area contributed by atoms with Gasteiger partial charge in [-0.25, -0.2) is 4.68 Å². The van der Waals surface area contributed by atoms with Crippen LogP contribution in [0.4, 0.5) is 13.2 Å². The minimum Gasteiger partial charge on any atom is -0.334 e. The number of carbonyl (C=O) groups is 1. The Balaban J connectivity index is 1.88. The van der Waals surface area contributed by atoms with Gasteiger partial charge in [0.05, 0.1) is 5.69 Å². The van der Waals surface area contributed by atoms with Crippen molar-refractivity contribution < 1.29 is 18.0 Å². The van der Waals surface area contributed by atoms with Crippen molar-refractivity contribution in [2.45, 2.75) is 18.5 Å². The highest BCUT2D eigenvalue weighted by Crippen LogP contribution is 2.30. The van der Waals surface area contributed by atoms with Gasteiger partial charge in [-0.05, 0) is 18.6 Å². The van der Waals surface area contributed by atoms with Crippen LogP contribution >= 0.6 is 0 Å². The van der Waals surface area contributed by atoms with E-state index in [0.717, 1.165) is 4.90 Å². The molecule has 2 aromatic rings. The van der Waals surface area contributed by atoms with Crippen LogP contribution in [-0.2, 0) is 11.8 Å². The molecule has 1 aliphatic rings.